The van der Waals surface area contributed by atoms with Gasteiger partial charge in [0.1, 0.15) is 24.8 Å². The fraction of sp³-hybridized carbons (Fsp3) is 0.400. The van der Waals surface area contributed by atoms with Crippen molar-refractivity contribution in [3.05, 3.63) is 42.6 Å². The van der Waals surface area contributed by atoms with Crippen LogP contribution in [-0.2, 0) is 4.74 Å². The third-order valence-electron chi connectivity index (χ3n) is 6.56. The summed E-state index contributed by atoms with van der Waals surface area (Å²) in [6.07, 6.45) is 1.28. The Morgan fingerprint density at radius 2 is 1.91 bits per heavy atom. The Labute approximate surface area is 202 Å². The van der Waals surface area contributed by atoms with Crippen molar-refractivity contribution in [3.63, 3.8) is 0 Å². The molecule has 182 valence electrons. The number of pyridine rings is 2. The molecule has 10 heteroatoms. The van der Waals surface area contributed by atoms with E-state index in [1.54, 1.807) is 12.0 Å². The molecule has 1 aromatic carbocycles. The highest BCUT2D eigenvalue weighted by atomic mass is 16.6. The maximum absolute atomic E-state index is 12.4. The van der Waals surface area contributed by atoms with Crippen molar-refractivity contribution in [2.75, 3.05) is 62.8 Å². The van der Waals surface area contributed by atoms with Gasteiger partial charge in [-0.05, 0) is 24.3 Å². The summed E-state index contributed by atoms with van der Waals surface area (Å²) < 4.78 is 22.1. The molecule has 3 aromatic rings. The van der Waals surface area contributed by atoms with Gasteiger partial charge in [0, 0.05) is 50.4 Å². The molecule has 5 heterocycles. The summed E-state index contributed by atoms with van der Waals surface area (Å²) in [5.41, 5.74) is 3.54. The Morgan fingerprint density at radius 3 is 2.77 bits per heavy atom. The minimum absolute atomic E-state index is 0.201. The highest BCUT2D eigenvalue weighted by Gasteiger charge is 2.34. The number of cyclic esters (lactones) is 1. The number of anilines is 2. The first-order valence-electron chi connectivity index (χ1n) is 11.8. The number of hydrogen-bond donors (Lipinski definition) is 1. The number of benzene rings is 1. The predicted octanol–water partition coefficient (Wildman–Crippen LogP) is 2.46. The number of ether oxygens (including phenoxy) is 4. The number of carbonyl (C=O) groups is 1. The van der Waals surface area contributed by atoms with Crippen LogP contribution < -0.4 is 29.3 Å². The molecule has 0 aliphatic carbocycles. The molecule has 0 bridgehead atoms. The van der Waals surface area contributed by atoms with Crippen LogP contribution in [0.3, 0.4) is 0 Å². The number of hydrogen-bond acceptors (Lipinski definition) is 9. The van der Waals surface area contributed by atoms with Crippen LogP contribution in [0.25, 0.3) is 11.0 Å². The van der Waals surface area contributed by atoms with E-state index in [0.717, 1.165) is 42.0 Å². The fourth-order valence-electron chi connectivity index (χ4n) is 4.75. The molecule has 1 amide bonds. The van der Waals surface area contributed by atoms with Gasteiger partial charge in [-0.3, -0.25) is 9.88 Å². The molecule has 2 saturated heterocycles. The Bertz CT molecular complexity index is 1250. The second-order valence-electron chi connectivity index (χ2n) is 8.93. The minimum atomic E-state index is -0.337. The van der Waals surface area contributed by atoms with Crippen LogP contribution >= 0.6 is 0 Å². The molecule has 2 aromatic heterocycles. The first kappa shape index (κ1) is 21.7. The summed E-state index contributed by atoms with van der Waals surface area (Å²) in [6, 6.07) is 11.3. The zero-order valence-corrected chi connectivity index (χ0v) is 19.5. The van der Waals surface area contributed by atoms with Gasteiger partial charge in [-0.15, -0.1) is 0 Å². The van der Waals surface area contributed by atoms with Crippen LogP contribution in [0, 0.1) is 5.92 Å². The number of rotatable bonds is 7. The van der Waals surface area contributed by atoms with Gasteiger partial charge in [0.25, 0.3) is 0 Å². The van der Waals surface area contributed by atoms with E-state index in [2.05, 4.69) is 20.2 Å². The minimum Gasteiger partial charge on any atom is -0.486 e. The number of fused-ring (bicyclic) bond motifs is 2. The molecule has 0 saturated carbocycles. The highest BCUT2D eigenvalue weighted by molar-refractivity contribution is 5.90. The van der Waals surface area contributed by atoms with Crippen LogP contribution in [0.2, 0.25) is 0 Å². The van der Waals surface area contributed by atoms with E-state index in [9.17, 15) is 4.79 Å². The van der Waals surface area contributed by atoms with Gasteiger partial charge in [0.2, 0.25) is 5.88 Å². The number of methoxy groups -OCH3 is 1. The van der Waals surface area contributed by atoms with Crippen molar-refractivity contribution < 1.29 is 23.7 Å². The lowest BCUT2D eigenvalue weighted by Crippen LogP contribution is -2.51. The highest BCUT2D eigenvalue weighted by Crippen LogP contribution is 2.35. The van der Waals surface area contributed by atoms with E-state index in [4.69, 9.17) is 18.9 Å². The first-order chi connectivity index (χ1) is 17.2. The average molecular weight is 478 g/mol. The van der Waals surface area contributed by atoms with Crippen LogP contribution in [0.4, 0.5) is 16.2 Å². The number of amides is 1. The van der Waals surface area contributed by atoms with E-state index < -0.39 is 0 Å². The zero-order chi connectivity index (χ0) is 23.8. The normalized spacial score (nSPS) is 19.6. The van der Waals surface area contributed by atoms with Gasteiger partial charge in [0.15, 0.2) is 11.5 Å². The molecule has 2 fully saturated rings. The van der Waals surface area contributed by atoms with Crippen LogP contribution in [0.5, 0.6) is 17.4 Å². The van der Waals surface area contributed by atoms with E-state index in [0.29, 0.717) is 49.6 Å². The van der Waals surface area contributed by atoms with Gasteiger partial charge in [-0.2, -0.15) is 0 Å². The number of nitrogens with zero attached hydrogens (tertiary/aromatic N) is 4. The number of carbonyl (C=O) groups excluding carboxylic acids is 1. The fourth-order valence-corrected chi connectivity index (χ4v) is 4.75. The second-order valence-corrected chi connectivity index (χ2v) is 8.93. The molecule has 35 heavy (non-hydrogen) atoms. The monoisotopic (exact) mass is 477 g/mol. The maximum atomic E-state index is 12.4. The SMILES string of the molecule is COc1ccc2nccc(N3CC(CNC[C@H]4CN(c5ccc6c(c5)OCCO6)C(=O)O4)C3)c2n1. The number of aromatic nitrogens is 2. The molecule has 1 atom stereocenters. The summed E-state index contributed by atoms with van der Waals surface area (Å²) in [4.78, 5) is 25.4. The lowest BCUT2D eigenvalue weighted by atomic mass is 9.99. The first-order valence-corrected chi connectivity index (χ1v) is 11.8. The van der Waals surface area contributed by atoms with E-state index in [-0.39, 0.29) is 12.2 Å². The summed E-state index contributed by atoms with van der Waals surface area (Å²) in [5.74, 6) is 2.46. The second kappa shape index (κ2) is 9.10. The van der Waals surface area contributed by atoms with Gasteiger partial charge >= 0.3 is 6.09 Å². The van der Waals surface area contributed by atoms with Crippen molar-refractivity contribution in [2.24, 2.45) is 5.92 Å². The van der Waals surface area contributed by atoms with Gasteiger partial charge < -0.3 is 29.2 Å². The van der Waals surface area contributed by atoms with Gasteiger partial charge in [0.05, 0.1) is 30.5 Å². The lowest BCUT2D eigenvalue weighted by Gasteiger charge is -2.41. The zero-order valence-electron chi connectivity index (χ0n) is 19.5. The van der Waals surface area contributed by atoms with Gasteiger partial charge in [-0.25, -0.2) is 9.78 Å². The molecule has 0 radical (unpaired) electrons. The molecule has 3 aliphatic rings. The van der Waals surface area contributed by atoms with E-state index in [1.807, 2.05) is 42.6 Å². The standard InChI is InChI=1S/C25H27N5O5/c1-32-23-5-3-19-24(28-23)20(6-7-27-19)29-13-16(14-29)11-26-12-18-15-30(25(31)35-18)17-2-4-21-22(10-17)34-9-8-33-21/h2-7,10,16,18,26H,8-9,11-15H2,1H3/t18-/m0/s1. The van der Waals surface area contributed by atoms with Crippen molar-refractivity contribution in [1.82, 2.24) is 15.3 Å². The third kappa shape index (κ3) is 4.25. The quantitative estimate of drug-likeness (QED) is 0.550. The molecule has 0 unspecified atom stereocenters. The molecule has 10 nitrogen and oxygen atoms in total. The van der Waals surface area contributed by atoms with Gasteiger partial charge in [-0.1, -0.05) is 0 Å². The maximum Gasteiger partial charge on any atom is 0.414 e. The molecular formula is C25H27N5O5. The summed E-state index contributed by atoms with van der Waals surface area (Å²) in [7, 11) is 1.62. The molecule has 1 N–H and O–H groups in total. The molecule has 6 rings (SSSR count). The summed E-state index contributed by atoms with van der Waals surface area (Å²) in [6.45, 7) is 4.87. The largest absolute Gasteiger partial charge is 0.486 e. The van der Waals surface area contributed by atoms with Crippen LogP contribution in [-0.4, -0.2) is 75.2 Å². The molecule has 3 aliphatic heterocycles. The summed E-state index contributed by atoms with van der Waals surface area (Å²) in [5, 5.41) is 3.48. The Kier molecular flexibility index (Phi) is 5.65. The molecule has 0 spiro atoms. The third-order valence-corrected chi connectivity index (χ3v) is 6.56. The van der Waals surface area contributed by atoms with Crippen molar-refractivity contribution in [3.8, 4) is 17.4 Å². The average Bonchev–Trinajstić information content (AvgIpc) is 3.24. The predicted molar refractivity (Wildman–Crippen MR) is 130 cm³/mol. The molecular weight excluding hydrogens is 450 g/mol. The van der Waals surface area contributed by atoms with Crippen molar-refractivity contribution in [1.29, 1.82) is 0 Å². The summed E-state index contributed by atoms with van der Waals surface area (Å²) >= 11 is 0. The number of nitrogens with one attached hydrogen (secondary N) is 1. The Morgan fingerprint density at radius 1 is 1.06 bits per heavy atom. The van der Waals surface area contributed by atoms with Crippen LogP contribution in [0.1, 0.15) is 0 Å². The van der Waals surface area contributed by atoms with Crippen molar-refractivity contribution in [2.45, 2.75) is 6.10 Å². The van der Waals surface area contributed by atoms with E-state index in [1.165, 1.54) is 0 Å². The van der Waals surface area contributed by atoms with E-state index >= 15 is 0 Å². The Balaban J connectivity index is 1.00. The van der Waals surface area contributed by atoms with Crippen LogP contribution in [0.15, 0.2) is 42.6 Å². The lowest BCUT2D eigenvalue weighted by molar-refractivity contribution is 0.139. The van der Waals surface area contributed by atoms with Crippen molar-refractivity contribution >= 4 is 28.5 Å². The topological polar surface area (TPSA) is 98.3 Å². The smallest absolute Gasteiger partial charge is 0.414 e. The Hall–Kier alpha value is -3.79.